The third kappa shape index (κ3) is 6.29. The maximum Gasteiger partial charge on any atom is 0.252 e. The van der Waals surface area contributed by atoms with Crippen LogP contribution in [0.2, 0.25) is 0 Å². The molecule has 348 valence electrons. The smallest absolute Gasteiger partial charge is 0.252 e. The van der Waals surface area contributed by atoms with Crippen LogP contribution in [-0.4, -0.2) is 20.3 Å². The Morgan fingerprint density at radius 1 is 0.465 bits per heavy atom. The number of para-hydroxylation sites is 1. The van der Waals surface area contributed by atoms with Gasteiger partial charge < -0.3 is 33.2 Å². The van der Waals surface area contributed by atoms with Crippen LogP contribution in [0.4, 0.5) is 34.1 Å². The zero-order chi connectivity index (χ0) is 48.3. The molecular weight excluding hydrogens is 876 g/mol. The number of benzene rings is 8. The van der Waals surface area contributed by atoms with Gasteiger partial charge in [0.15, 0.2) is 23.0 Å². The van der Waals surface area contributed by atoms with Gasteiger partial charge in [0, 0.05) is 56.9 Å². The molecule has 5 aliphatic rings. The summed E-state index contributed by atoms with van der Waals surface area (Å²) in [5.41, 5.74) is 21.7. The first-order valence-corrected chi connectivity index (χ1v) is 24.8. The number of rotatable bonds is 4. The highest BCUT2D eigenvalue weighted by Crippen LogP contribution is 2.53. The molecule has 4 aliphatic heterocycles. The van der Waals surface area contributed by atoms with Crippen molar-refractivity contribution in [2.45, 2.75) is 71.6 Å². The van der Waals surface area contributed by atoms with Crippen LogP contribution in [0.5, 0.6) is 23.0 Å². The molecule has 9 aromatic rings. The fourth-order valence-corrected chi connectivity index (χ4v) is 11.9. The van der Waals surface area contributed by atoms with E-state index in [9.17, 15) is 0 Å². The molecule has 1 aromatic heterocycles. The minimum atomic E-state index is -0.277. The van der Waals surface area contributed by atoms with Gasteiger partial charge in [-0.05, 0) is 145 Å². The molecule has 0 amide bonds. The minimum Gasteiger partial charge on any atom is -0.456 e. The zero-order valence-corrected chi connectivity index (χ0v) is 41.4. The molecule has 14 rings (SSSR count). The third-order valence-corrected chi connectivity index (χ3v) is 15.8. The second kappa shape index (κ2) is 14.6. The molecule has 1 aliphatic carbocycles. The van der Waals surface area contributed by atoms with E-state index in [4.69, 9.17) is 23.4 Å². The largest absolute Gasteiger partial charge is 0.456 e. The summed E-state index contributed by atoms with van der Waals surface area (Å²) in [6.45, 7) is 18.7. The van der Waals surface area contributed by atoms with Crippen molar-refractivity contribution in [3.8, 4) is 56.6 Å². The van der Waals surface area contributed by atoms with Crippen LogP contribution in [0.3, 0.4) is 0 Å². The van der Waals surface area contributed by atoms with Crippen molar-refractivity contribution in [3.05, 3.63) is 174 Å². The first-order chi connectivity index (χ1) is 34.2. The molecule has 5 heterocycles. The van der Waals surface area contributed by atoms with Gasteiger partial charge in [-0.1, -0.05) is 122 Å². The van der Waals surface area contributed by atoms with E-state index in [0.29, 0.717) is 0 Å². The highest BCUT2D eigenvalue weighted by atomic mass is 16.7. The molecule has 8 aromatic carbocycles. The van der Waals surface area contributed by atoms with E-state index in [1.807, 2.05) is 18.2 Å². The van der Waals surface area contributed by atoms with Crippen LogP contribution in [0.1, 0.15) is 77.6 Å². The summed E-state index contributed by atoms with van der Waals surface area (Å²) in [5, 5.41) is 1.11. The Morgan fingerprint density at radius 3 is 1.76 bits per heavy atom. The monoisotopic (exact) mass is 928 g/mol. The first kappa shape index (κ1) is 42.1. The number of furan rings is 1. The van der Waals surface area contributed by atoms with Crippen molar-refractivity contribution in [1.29, 1.82) is 0 Å². The Kier molecular flexibility index (Phi) is 8.66. The lowest BCUT2D eigenvalue weighted by Gasteiger charge is -2.45. The van der Waals surface area contributed by atoms with Gasteiger partial charge in [0.2, 0.25) is 13.6 Å². The normalized spacial score (nSPS) is 15.4. The Morgan fingerprint density at radius 2 is 1.06 bits per heavy atom. The molecule has 0 bridgehead atoms. The lowest BCUT2D eigenvalue weighted by atomic mass is 9.33. The molecule has 0 saturated carbocycles. The summed E-state index contributed by atoms with van der Waals surface area (Å²) in [5.74, 6) is 3.84. The van der Waals surface area contributed by atoms with E-state index >= 15 is 0 Å². The van der Waals surface area contributed by atoms with Crippen LogP contribution < -0.4 is 45.1 Å². The summed E-state index contributed by atoms with van der Waals surface area (Å²) in [7, 11) is 0. The lowest BCUT2D eigenvalue weighted by molar-refractivity contribution is 0.173. The molecule has 0 spiro atoms. The van der Waals surface area contributed by atoms with Crippen molar-refractivity contribution in [2.24, 2.45) is 0 Å². The second-order valence-electron chi connectivity index (χ2n) is 22.4. The first-order valence-electron chi connectivity index (χ1n) is 24.8. The van der Waals surface area contributed by atoms with Gasteiger partial charge in [-0.2, -0.15) is 0 Å². The number of hydrogen-bond donors (Lipinski definition) is 0. The molecule has 0 N–H and O–H groups in total. The number of ether oxygens (including phenoxy) is 4. The number of nitrogens with zero attached hydrogens (tertiary/aromatic N) is 2. The zero-order valence-electron chi connectivity index (χ0n) is 41.4. The average Bonchev–Trinajstić information content (AvgIpc) is 4.17. The van der Waals surface area contributed by atoms with E-state index in [-0.39, 0.29) is 36.5 Å². The molecular formula is C63H53BN2O5. The van der Waals surface area contributed by atoms with Gasteiger partial charge in [-0.3, -0.25) is 0 Å². The van der Waals surface area contributed by atoms with E-state index in [0.717, 1.165) is 96.0 Å². The van der Waals surface area contributed by atoms with Gasteiger partial charge in [-0.25, -0.2) is 0 Å². The SMILES string of the molecule is CC(C)(C)c1ccc(N2c3ccc(C(C)(C)C)cc3B3c4cc5c(cc4N(c4ccc6c(c4)OCO6)c4cc(-c6ccc7c(c6)C(C)(C)c6cc(-c8cc9ccccc9o8)ccc6-7)cc2c43)OCO5)cc1. The Balaban J connectivity index is 1.01. The quantitative estimate of drug-likeness (QED) is 0.163. The molecule has 0 unspecified atom stereocenters. The minimum absolute atomic E-state index is 0.000980. The van der Waals surface area contributed by atoms with E-state index in [1.165, 1.54) is 44.3 Å². The topological polar surface area (TPSA) is 56.5 Å². The predicted octanol–water partition coefficient (Wildman–Crippen LogP) is 14.2. The summed E-state index contributed by atoms with van der Waals surface area (Å²) in [4.78, 5) is 4.92. The third-order valence-electron chi connectivity index (χ3n) is 15.8. The highest BCUT2D eigenvalue weighted by molar-refractivity contribution is 7.00. The van der Waals surface area contributed by atoms with Crippen LogP contribution in [0.15, 0.2) is 156 Å². The fourth-order valence-electron chi connectivity index (χ4n) is 11.9. The fraction of sp³-hybridized carbons (Fsp3) is 0.206. The van der Waals surface area contributed by atoms with Crippen LogP contribution in [0, 0.1) is 0 Å². The van der Waals surface area contributed by atoms with Crippen molar-refractivity contribution < 1.29 is 23.4 Å². The molecule has 0 radical (unpaired) electrons. The number of hydrogen-bond acceptors (Lipinski definition) is 7. The summed E-state index contributed by atoms with van der Waals surface area (Å²) in [6.07, 6.45) is 0. The maximum atomic E-state index is 6.39. The van der Waals surface area contributed by atoms with Crippen molar-refractivity contribution in [1.82, 2.24) is 0 Å². The van der Waals surface area contributed by atoms with E-state index < -0.39 is 0 Å². The van der Waals surface area contributed by atoms with E-state index in [2.05, 4.69) is 199 Å². The molecule has 0 saturated heterocycles. The van der Waals surface area contributed by atoms with Gasteiger partial charge in [-0.15, -0.1) is 0 Å². The Bertz CT molecular complexity index is 3710. The molecule has 7 nitrogen and oxygen atoms in total. The summed E-state index contributed by atoms with van der Waals surface area (Å²) >= 11 is 0. The molecule has 8 heteroatoms. The number of fused-ring (bicyclic) bond motifs is 10. The Labute approximate surface area is 415 Å². The lowest BCUT2D eigenvalue weighted by Crippen LogP contribution is -2.61. The van der Waals surface area contributed by atoms with Crippen LogP contribution in [0.25, 0.3) is 44.5 Å². The van der Waals surface area contributed by atoms with E-state index in [1.54, 1.807) is 0 Å². The van der Waals surface area contributed by atoms with Gasteiger partial charge in [0.1, 0.15) is 11.3 Å². The molecule has 0 atom stereocenters. The predicted molar refractivity (Wildman–Crippen MR) is 288 cm³/mol. The summed E-state index contributed by atoms with van der Waals surface area (Å²) < 4.78 is 30.7. The van der Waals surface area contributed by atoms with Crippen molar-refractivity contribution in [3.63, 3.8) is 0 Å². The van der Waals surface area contributed by atoms with Crippen molar-refractivity contribution in [2.75, 3.05) is 23.4 Å². The van der Waals surface area contributed by atoms with Gasteiger partial charge in [0.05, 0.1) is 5.69 Å². The highest BCUT2D eigenvalue weighted by Gasteiger charge is 2.46. The van der Waals surface area contributed by atoms with Crippen molar-refractivity contribution >= 4 is 68.2 Å². The summed E-state index contributed by atoms with van der Waals surface area (Å²) in [6, 6.07) is 56.2. The van der Waals surface area contributed by atoms with Gasteiger partial charge in [0.25, 0.3) is 6.71 Å². The molecule has 0 fully saturated rings. The average molecular weight is 929 g/mol. The van der Waals surface area contributed by atoms with Crippen LogP contribution in [-0.2, 0) is 16.2 Å². The Hall–Kier alpha value is -7.84. The number of anilines is 6. The second-order valence-corrected chi connectivity index (χ2v) is 22.4. The molecule has 71 heavy (non-hydrogen) atoms. The van der Waals surface area contributed by atoms with Crippen LogP contribution >= 0.6 is 0 Å². The standard InChI is InChI=1S/C63H53BN2O5/c1-61(2,3)40-15-18-42(19-16-40)65-50-23-17-41(62(4,5)6)30-48(50)64-49-32-58-59(70-35-69-58)33-51(49)66(43-20-24-55-57(31-43)68-34-67-55)53-28-39(27-52(65)60(53)64)36-13-21-44-45-22-14-38(26-47(45)63(7,8)46(44)25-36)56-29-37-11-9-10-12-54(37)71-56/h9-33H,34-35H2,1-8H3. The maximum absolute atomic E-state index is 6.39. The van der Waals surface area contributed by atoms with Gasteiger partial charge >= 0.3 is 0 Å².